The maximum atomic E-state index is 12.9. The van der Waals surface area contributed by atoms with Crippen molar-refractivity contribution in [3.63, 3.8) is 0 Å². The van der Waals surface area contributed by atoms with Gasteiger partial charge >= 0.3 is 0 Å². The van der Waals surface area contributed by atoms with Gasteiger partial charge in [0, 0.05) is 18.0 Å². The van der Waals surface area contributed by atoms with Crippen LogP contribution in [0.25, 0.3) is 5.76 Å². The molecule has 0 radical (unpaired) electrons. The van der Waals surface area contributed by atoms with E-state index in [0.29, 0.717) is 24.4 Å². The predicted octanol–water partition coefficient (Wildman–Crippen LogP) is 1.44. The Kier molecular flexibility index (Phi) is 6.52. The molecule has 2 heterocycles. The number of Topliss-reactive ketones (excluding diaryl/α,β-unsaturated/α-hetero) is 1. The van der Waals surface area contributed by atoms with Gasteiger partial charge in [0.2, 0.25) is 0 Å². The number of likely N-dealkylation sites (N-methyl/N-ethyl adjacent to an activating group) is 1. The maximum absolute atomic E-state index is 12.9. The predicted molar refractivity (Wildman–Crippen MR) is 113 cm³/mol. The van der Waals surface area contributed by atoms with Crippen molar-refractivity contribution in [1.29, 1.82) is 0 Å². The van der Waals surface area contributed by atoms with Gasteiger partial charge in [0.25, 0.3) is 11.7 Å². The number of carbonyl (C=O) groups excluding carboxylic acids is 2. The van der Waals surface area contributed by atoms with Gasteiger partial charge in [-0.1, -0.05) is 0 Å². The molecular weight excluding hydrogens is 382 g/mol. The van der Waals surface area contributed by atoms with Crippen molar-refractivity contribution >= 4 is 17.4 Å². The second-order valence-corrected chi connectivity index (χ2v) is 7.92. The number of hydrogen-bond acceptors (Lipinski definition) is 5. The van der Waals surface area contributed by atoms with Crippen LogP contribution in [0.5, 0.6) is 5.75 Å². The third-order valence-electron chi connectivity index (χ3n) is 4.91. The number of nitrogens with zero attached hydrogens (tertiary/aromatic N) is 2. The van der Waals surface area contributed by atoms with Gasteiger partial charge in [-0.25, -0.2) is 0 Å². The Balaban J connectivity index is 2.05. The molecule has 1 atom stereocenters. The molecule has 2 N–H and O–H groups in total. The van der Waals surface area contributed by atoms with E-state index in [1.54, 1.807) is 48.8 Å². The van der Waals surface area contributed by atoms with E-state index >= 15 is 0 Å². The third-order valence-corrected chi connectivity index (χ3v) is 4.91. The fourth-order valence-electron chi connectivity index (χ4n) is 3.47. The number of carbonyl (C=O) groups is 2. The molecule has 0 bridgehead atoms. The van der Waals surface area contributed by atoms with E-state index in [-0.39, 0.29) is 17.4 Å². The zero-order valence-electron chi connectivity index (χ0n) is 17.8. The lowest BCUT2D eigenvalue weighted by Gasteiger charge is -2.25. The summed E-state index contributed by atoms with van der Waals surface area (Å²) in [6, 6.07) is 9.73. The Hall–Kier alpha value is -3.19. The third kappa shape index (κ3) is 4.52. The molecule has 158 valence electrons. The van der Waals surface area contributed by atoms with Crippen LogP contribution in [-0.2, 0) is 9.59 Å². The molecule has 0 saturated carbocycles. The summed E-state index contributed by atoms with van der Waals surface area (Å²) in [4.78, 5) is 32.4. The second-order valence-electron chi connectivity index (χ2n) is 7.92. The van der Waals surface area contributed by atoms with Crippen LogP contribution < -0.4 is 9.64 Å². The van der Waals surface area contributed by atoms with Crippen LogP contribution in [0, 0.1) is 0 Å². The van der Waals surface area contributed by atoms with Gasteiger partial charge in [0.1, 0.15) is 11.5 Å². The summed E-state index contributed by atoms with van der Waals surface area (Å²) < 4.78 is 5.64. The summed E-state index contributed by atoms with van der Waals surface area (Å²) in [6.07, 6.45) is 3.26. The molecule has 1 aromatic carbocycles. The average molecular weight is 410 g/mol. The molecule has 1 aliphatic rings. The van der Waals surface area contributed by atoms with Crippen LogP contribution in [0.1, 0.15) is 31.0 Å². The molecule has 2 aromatic rings. The summed E-state index contributed by atoms with van der Waals surface area (Å²) in [5.74, 6) is -0.794. The van der Waals surface area contributed by atoms with Crippen LogP contribution in [-0.4, -0.2) is 60.0 Å². The Morgan fingerprint density at radius 1 is 1.13 bits per heavy atom. The molecule has 0 spiro atoms. The van der Waals surface area contributed by atoms with Gasteiger partial charge in [0.05, 0.1) is 44.9 Å². The number of benzene rings is 1. The first-order valence-electron chi connectivity index (χ1n) is 10.0. The Labute approximate surface area is 176 Å². The zero-order valence-corrected chi connectivity index (χ0v) is 17.8. The van der Waals surface area contributed by atoms with Gasteiger partial charge in [-0.2, -0.15) is 0 Å². The monoisotopic (exact) mass is 410 g/mol. The van der Waals surface area contributed by atoms with Crippen LogP contribution >= 0.6 is 0 Å². The number of amides is 1. The molecule has 1 aromatic heterocycles. The van der Waals surface area contributed by atoms with Crippen LogP contribution in [0.4, 0.5) is 0 Å². The number of aromatic nitrogens is 1. The van der Waals surface area contributed by atoms with Gasteiger partial charge in [-0.05, 0) is 55.8 Å². The maximum Gasteiger partial charge on any atom is 0.295 e. The molecule has 30 heavy (non-hydrogen) atoms. The van der Waals surface area contributed by atoms with E-state index in [9.17, 15) is 14.7 Å². The molecule has 7 nitrogen and oxygen atoms in total. The first kappa shape index (κ1) is 21.5. The van der Waals surface area contributed by atoms with E-state index in [1.165, 1.54) is 4.90 Å². The number of rotatable bonds is 7. The van der Waals surface area contributed by atoms with Gasteiger partial charge < -0.3 is 19.6 Å². The summed E-state index contributed by atoms with van der Waals surface area (Å²) in [5.41, 5.74) is 1.29. The second kappa shape index (κ2) is 9.09. The number of aliphatic hydroxyl groups excluding tert-OH is 1. The standard InChI is InChI=1S/C23H27N3O4/c1-15(2)30-18-7-5-17(6-8-18)21(27)19-20(16-9-11-24-12-10-16)26(14-13-25(3)4)23(29)22(19)28/h5-12,15,20,27H,13-14H2,1-4H3/p+1/t20-/m1/s1. The average Bonchev–Trinajstić information content (AvgIpc) is 2.97. The van der Waals surface area contributed by atoms with Crippen LogP contribution in [0.3, 0.4) is 0 Å². The van der Waals surface area contributed by atoms with E-state index in [1.807, 2.05) is 27.9 Å². The molecule has 1 amide bonds. The number of likely N-dealkylation sites (tertiary alicyclic amines) is 1. The number of quaternary nitrogens is 1. The van der Waals surface area contributed by atoms with Crippen LogP contribution in [0.2, 0.25) is 0 Å². The normalized spacial score (nSPS) is 18.5. The van der Waals surface area contributed by atoms with Crippen LogP contribution in [0.15, 0.2) is 54.4 Å². The van der Waals surface area contributed by atoms with Gasteiger partial charge in [-0.3, -0.25) is 14.6 Å². The van der Waals surface area contributed by atoms with E-state index in [4.69, 9.17) is 4.74 Å². The van der Waals surface area contributed by atoms with Crippen molar-refractivity contribution in [1.82, 2.24) is 9.88 Å². The highest BCUT2D eigenvalue weighted by Crippen LogP contribution is 2.39. The van der Waals surface area contributed by atoms with Crippen molar-refractivity contribution in [3.8, 4) is 5.75 Å². The van der Waals surface area contributed by atoms with Crippen molar-refractivity contribution in [2.75, 3.05) is 27.2 Å². The Morgan fingerprint density at radius 3 is 2.33 bits per heavy atom. The highest BCUT2D eigenvalue weighted by Gasteiger charge is 2.46. The lowest BCUT2D eigenvalue weighted by atomic mass is 9.96. The smallest absolute Gasteiger partial charge is 0.295 e. The minimum Gasteiger partial charge on any atom is -0.507 e. The topological polar surface area (TPSA) is 84.2 Å². The molecule has 0 unspecified atom stereocenters. The summed E-state index contributed by atoms with van der Waals surface area (Å²) in [5, 5.41) is 11.0. The van der Waals surface area contributed by atoms with Gasteiger partial charge in [-0.15, -0.1) is 0 Å². The molecule has 1 saturated heterocycles. The molecule has 7 heteroatoms. The summed E-state index contributed by atoms with van der Waals surface area (Å²) in [7, 11) is 3.97. The molecular formula is C23H28N3O4+. The minimum absolute atomic E-state index is 0.0280. The fourth-order valence-corrected chi connectivity index (χ4v) is 3.47. The number of ether oxygens (including phenoxy) is 1. The fraction of sp³-hybridized carbons (Fsp3) is 0.348. The first-order chi connectivity index (χ1) is 14.3. The summed E-state index contributed by atoms with van der Waals surface area (Å²) in [6.45, 7) is 4.94. The molecule has 3 rings (SSSR count). The SMILES string of the molecule is CC(C)Oc1ccc(C(O)=C2C(=O)C(=O)N(CC[NH+](C)C)[C@@H]2c2ccncc2)cc1. The summed E-state index contributed by atoms with van der Waals surface area (Å²) >= 11 is 0. The largest absolute Gasteiger partial charge is 0.507 e. The molecule has 1 aliphatic heterocycles. The van der Waals surface area contributed by atoms with Crippen molar-refractivity contribution < 1.29 is 24.3 Å². The van der Waals surface area contributed by atoms with Crippen molar-refractivity contribution in [2.24, 2.45) is 0 Å². The number of hydrogen-bond donors (Lipinski definition) is 2. The lowest BCUT2D eigenvalue weighted by molar-refractivity contribution is -0.857. The first-order valence-corrected chi connectivity index (χ1v) is 10.0. The van der Waals surface area contributed by atoms with Crippen molar-refractivity contribution in [2.45, 2.75) is 26.0 Å². The lowest BCUT2D eigenvalue weighted by Crippen LogP contribution is -3.06. The number of ketones is 1. The number of aliphatic hydroxyl groups is 1. The number of pyridine rings is 1. The van der Waals surface area contributed by atoms with E-state index < -0.39 is 17.7 Å². The Bertz CT molecular complexity index is 937. The Morgan fingerprint density at radius 2 is 1.77 bits per heavy atom. The molecule has 0 aliphatic carbocycles. The highest BCUT2D eigenvalue weighted by molar-refractivity contribution is 6.46. The minimum atomic E-state index is -0.675. The van der Waals surface area contributed by atoms with Gasteiger partial charge in [0.15, 0.2) is 0 Å². The van der Waals surface area contributed by atoms with E-state index in [2.05, 4.69) is 4.98 Å². The van der Waals surface area contributed by atoms with Crippen molar-refractivity contribution in [3.05, 3.63) is 65.5 Å². The molecule has 1 fully saturated rings. The highest BCUT2D eigenvalue weighted by atomic mass is 16.5. The quantitative estimate of drug-likeness (QED) is 0.410. The number of nitrogens with one attached hydrogen (secondary N) is 1. The zero-order chi connectivity index (χ0) is 21.8. The van der Waals surface area contributed by atoms with E-state index in [0.717, 1.165) is 10.5 Å².